The van der Waals surface area contributed by atoms with Gasteiger partial charge in [-0.3, -0.25) is 4.79 Å². The molecule has 0 heterocycles. The third kappa shape index (κ3) is 5.08. The lowest BCUT2D eigenvalue weighted by Gasteiger charge is -2.09. The highest BCUT2D eigenvalue weighted by molar-refractivity contribution is 6.30. The summed E-state index contributed by atoms with van der Waals surface area (Å²) in [5.41, 5.74) is 2.09. The number of benzene rings is 2. The van der Waals surface area contributed by atoms with E-state index in [1.807, 2.05) is 42.5 Å². The monoisotopic (exact) mass is 317 g/mol. The van der Waals surface area contributed by atoms with E-state index >= 15 is 0 Å². The van der Waals surface area contributed by atoms with Crippen LogP contribution in [0.25, 0.3) is 0 Å². The summed E-state index contributed by atoms with van der Waals surface area (Å²) in [6.45, 7) is 0.650. The molecule has 0 aliphatic heterocycles. The molecule has 0 saturated heterocycles. The minimum absolute atomic E-state index is 0.0160. The first-order chi connectivity index (χ1) is 10.7. The Bertz CT molecular complexity index is 628. The average molecular weight is 318 g/mol. The summed E-state index contributed by atoms with van der Waals surface area (Å²) >= 11 is 5.91. The molecule has 2 aromatic carbocycles. The molecule has 0 aliphatic carbocycles. The molecule has 1 N–H and O–H groups in total. The highest BCUT2D eigenvalue weighted by Gasteiger charge is 2.05. The van der Waals surface area contributed by atoms with Crippen LogP contribution in [0.2, 0.25) is 5.02 Å². The molecule has 0 unspecified atom stereocenters. The number of hydrogen-bond donors (Lipinski definition) is 1. The second kappa shape index (κ2) is 8.44. The highest BCUT2D eigenvalue weighted by atomic mass is 35.5. The fourth-order valence-corrected chi connectivity index (χ4v) is 2.52. The predicted molar refractivity (Wildman–Crippen MR) is 89.5 cm³/mol. The molecule has 0 spiro atoms. The Morgan fingerprint density at radius 2 is 2.00 bits per heavy atom. The van der Waals surface area contributed by atoms with Gasteiger partial charge in [-0.25, -0.2) is 0 Å². The van der Waals surface area contributed by atoms with Gasteiger partial charge in [-0.2, -0.15) is 0 Å². The van der Waals surface area contributed by atoms with Crippen molar-refractivity contribution in [2.45, 2.75) is 19.3 Å². The van der Waals surface area contributed by atoms with Gasteiger partial charge in [-0.05, 0) is 42.2 Å². The molecule has 22 heavy (non-hydrogen) atoms. The standard InChI is InChI=1S/C18H20ClNO2/c1-22-17-10-3-2-7-15(17)8-5-11-20-18(21)13-14-6-4-9-16(19)12-14/h2-4,6-7,9-10,12H,5,8,11,13H2,1H3,(H,20,21). The zero-order valence-corrected chi connectivity index (χ0v) is 13.4. The van der Waals surface area contributed by atoms with Crippen LogP contribution in [0.5, 0.6) is 5.75 Å². The van der Waals surface area contributed by atoms with Gasteiger partial charge in [0.15, 0.2) is 0 Å². The minimum Gasteiger partial charge on any atom is -0.496 e. The second-order valence-electron chi connectivity index (χ2n) is 5.07. The summed E-state index contributed by atoms with van der Waals surface area (Å²) in [6.07, 6.45) is 2.11. The maximum atomic E-state index is 11.9. The molecule has 4 heteroatoms. The van der Waals surface area contributed by atoms with Gasteiger partial charge in [0.2, 0.25) is 5.91 Å². The van der Waals surface area contributed by atoms with Crippen LogP contribution in [0.3, 0.4) is 0 Å². The van der Waals surface area contributed by atoms with Crippen molar-refractivity contribution in [1.82, 2.24) is 5.32 Å². The lowest BCUT2D eigenvalue weighted by atomic mass is 10.1. The Morgan fingerprint density at radius 1 is 1.18 bits per heavy atom. The summed E-state index contributed by atoms with van der Waals surface area (Å²) in [5, 5.41) is 3.59. The molecule has 0 bridgehead atoms. The van der Waals surface area contributed by atoms with Crippen LogP contribution in [0.15, 0.2) is 48.5 Å². The van der Waals surface area contributed by atoms with Gasteiger partial charge in [0.1, 0.15) is 5.75 Å². The van der Waals surface area contributed by atoms with Gasteiger partial charge in [-0.1, -0.05) is 41.9 Å². The molecule has 0 saturated carbocycles. The lowest BCUT2D eigenvalue weighted by Crippen LogP contribution is -2.26. The van der Waals surface area contributed by atoms with E-state index in [1.165, 1.54) is 0 Å². The number of carbonyl (C=O) groups excluding carboxylic acids is 1. The number of nitrogens with one attached hydrogen (secondary N) is 1. The average Bonchev–Trinajstić information content (AvgIpc) is 2.52. The first-order valence-corrected chi connectivity index (χ1v) is 7.70. The quantitative estimate of drug-likeness (QED) is 0.792. The fraction of sp³-hybridized carbons (Fsp3) is 0.278. The van der Waals surface area contributed by atoms with Crippen molar-refractivity contribution >= 4 is 17.5 Å². The first-order valence-electron chi connectivity index (χ1n) is 7.32. The Kier molecular flexibility index (Phi) is 6.28. The number of rotatable bonds is 7. The molecular formula is C18H20ClNO2. The van der Waals surface area contributed by atoms with E-state index in [2.05, 4.69) is 5.32 Å². The minimum atomic E-state index is 0.0160. The predicted octanol–water partition coefficient (Wildman–Crippen LogP) is 3.64. The Hall–Kier alpha value is -2.00. The molecule has 0 radical (unpaired) electrons. The normalized spacial score (nSPS) is 10.3. The first kappa shape index (κ1) is 16.4. The van der Waals surface area contributed by atoms with Gasteiger partial charge in [0.05, 0.1) is 13.5 Å². The summed E-state index contributed by atoms with van der Waals surface area (Å²) in [7, 11) is 1.67. The van der Waals surface area contributed by atoms with Gasteiger partial charge in [-0.15, -0.1) is 0 Å². The number of ether oxygens (including phenoxy) is 1. The third-order valence-corrected chi connectivity index (χ3v) is 3.63. The number of carbonyl (C=O) groups is 1. The summed E-state index contributed by atoms with van der Waals surface area (Å²) < 4.78 is 5.31. The maximum Gasteiger partial charge on any atom is 0.224 e. The molecule has 2 rings (SSSR count). The molecule has 3 nitrogen and oxygen atoms in total. The van der Waals surface area contributed by atoms with Crippen LogP contribution in [0.4, 0.5) is 0 Å². The lowest BCUT2D eigenvalue weighted by molar-refractivity contribution is -0.120. The zero-order valence-electron chi connectivity index (χ0n) is 12.6. The Labute approximate surface area is 136 Å². The van der Waals surface area contributed by atoms with E-state index in [9.17, 15) is 4.79 Å². The van der Waals surface area contributed by atoms with Crippen LogP contribution in [0.1, 0.15) is 17.5 Å². The van der Waals surface area contributed by atoms with Gasteiger partial charge < -0.3 is 10.1 Å². The number of methoxy groups -OCH3 is 1. The number of aryl methyl sites for hydroxylation is 1. The molecule has 0 fully saturated rings. The highest BCUT2D eigenvalue weighted by Crippen LogP contribution is 2.18. The van der Waals surface area contributed by atoms with E-state index in [0.29, 0.717) is 18.0 Å². The summed E-state index contributed by atoms with van der Waals surface area (Å²) in [6, 6.07) is 15.3. The Balaban J connectivity index is 1.73. The van der Waals surface area contributed by atoms with E-state index in [4.69, 9.17) is 16.3 Å². The molecule has 116 valence electrons. The van der Waals surface area contributed by atoms with E-state index < -0.39 is 0 Å². The van der Waals surface area contributed by atoms with Gasteiger partial charge >= 0.3 is 0 Å². The van der Waals surface area contributed by atoms with Crippen molar-refractivity contribution in [3.63, 3.8) is 0 Å². The maximum absolute atomic E-state index is 11.9. The molecule has 2 aromatic rings. The number of hydrogen-bond acceptors (Lipinski definition) is 2. The topological polar surface area (TPSA) is 38.3 Å². The summed E-state index contributed by atoms with van der Waals surface area (Å²) in [4.78, 5) is 11.9. The zero-order chi connectivity index (χ0) is 15.8. The van der Waals surface area contributed by atoms with Crippen molar-refractivity contribution < 1.29 is 9.53 Å². The fourth-order valence-electron chi connectivity index (χ4n) is 2.31. The van der Waals surface area contributed by atoms with Crippen molar-refractivity contribution in [3.8, 4) is 5.75 Å². The van der Waals surface area contributed by atoms with Crippen molar-refractivity contribution in [2.24, 2.45) is 0 Å². The van der Waals surface area contributed by atoms with E-state index in [-0.39, 0.29) is 5.91 Å². The van der Waals surface area contributed by atoms with Gasteiger partial charge in [0, 0.05) is 11.6 Å². The Morgan fingerprint density at radius 3 is 2.77 bits per heavy atom. The van der Waals surface area contributed by atoms with Crippen LogP contribution in [-0.4, -0.2) is 19.6 Å². The van der Waals surface area contributed by atoms with Crippen LogP contribution in [-0.2, 0) is 17.6 Å². The van der Waals surface area contributed by atoms with E-state index in [0.717, 1.165) is 29.7 Å². The SMILES string of the molecule is COc1ccccc1CCCNC(=O)Cc1cccc(Cl)c1. The molecule has 0 aromatic heterocycles. The molecular weight excluding hydrogens is 298 g/mol. The molecule has 1 amide bonds. The molecule has 0 aliphatic rings. The number of halogens is 1. The van der Waals surface area contributed by atoms with E-state index in [1.54, 1.807) is 13.2 Å². The third-order valence-electron chi connectivity index (χ3n) is 3.39. The van der Waals surface area contributed by atoms with Crippen LogP contribution < -0.4 is 10.1 Å². The number of amides is 1. The van der Waals surface area contributed by atoms with Gasteiger partial charge in [0.25, 0.3) is 0 Å². The van der Waals surface area contributed by atoms with Crippen LogP contribution in [0, 0.1) is 0 Å². The smallest absolute Gasteiger partial charge is 0.224 e. The second-order valence-corrected chi connectivity index (χ2v) is 5.51. The van der Waals surface area contributed by atoms with Crippen molar-refractivity contribution in [3.05, 3.63) is 64.7 Å². The van der Waals surface area contributed by atoms with Crippen LogP contribution >= 0.6 is 11.6 Å². The molecule has 0 atom stereocenters. The number of para-hydroxylation sites is 1. The largest absolute Gasteiger partial charge is 0.496 e. The van der Waals surface area contributed by atoms with Crippen molar-refractivity contribution in [2.75, 3.05) is 13.7 Å². The van der Waals surface area contributed by atoms with Crippen molar-refractivity contribution in [1.29, 1.82) is 0 Å². The summed E-state index contributed by atoms with van der Waals surface area (Å²) in [5.74, 6) is 0.912.